The van der Waals surface area contributed by atoms with Gasteiger partial charge in [0.05, 0.1) is 4.92 Å². The second-order valence-electron chi connectivity index (χ2n) is 3.74. The first-order valence-electron chi connectivity index (χ1n) is 5.85. The molecule has 7 heteroatoms. The van der Waals surface area contributed by atoms with Crippen LogP contribution in [0, 0.1) is 10.1 Å². The van der Waals surface area contributed by atoms with Crippen molar-refractivity contribution in [2.24, 2.45) is 0 Å². The van der Waals surface area contributed by atoms with Gasteiger partial charge in [-0.25, -0.2) is 0 Å². The number of nitrogens with zero attached hydrogens (tertiary/aromatic N) is 1. The van der Waals surface area contributed by atoms with E-state index < -0.39 is 16.7 Å². The average molecular weight is 265 g/mol. The van der Waals surface area contributed by atoms with Gasteiger partial charge in [0.25, 0.3) is 17.5 Å². The molecule has 2 amide bonds. The summed E-state index contributed by atoms with van der Waals surface area (Å²) in [7, 11) is 0. The van der Waals surface area contributed by atoms with Crippen molar-refractivity contribution in [2.45, 2.75) is 13.8 Å². The summed E-state index contributed by atoms with van der Waals surface area (Å²) in [5.74, 6) is -0.895. The van der Waals surface area contributed by atoms with Crippen LogP contribution in [0.2, 0.25) is 0 Å². The molecule has 2 N–H and O–H groups in total. The lowest BCUT2D eigenvalue weighted by Crippen LogP contribution is -2.25. The monoisotopic (exact) mass is 265 g/mol. The zero-order chi connectivity index (χ0) is 14.4. The Morgan fingerprint density at radius 3 is 1.79 bits per heavy atom. The van der Waals surface area contributed by atoms with Crippen molar-refractivity contribution >= 4 is 17.5 Å². The van der Waals surface area contributed by atoms with Gasteiger partial charge in [-0.2, -0.15) is 0 Å². The van der Waals surface area contributed by atoms with E-state index in [9.17, 15) is 19.7 Å². The van der Waals surface area contributed by atoms with Gasteiger partial charge < -0.3 is 10.6 Å². The summed E-state index contributed by atoms with van der Waals surface area (Å²) < 4.78 is 0. The Morgan fingerprint density at radius 1 is 1.05 bits per heavy atom. The van der Waals surface area contributed by atoms with Gasteiger partial charge in [0.2, 0.25) is 0 Å². The van der Waals surface area contributed by atoms with Gasteiger partial charge in [-0.3, -0.25) is 19.7 Å². The van der Waals surface area contributed by atoms with Crippen molar-refractivity contribution in [1.82, 2.24) is 10.6 Å². The fourth-order valence-corrected chi connectivity index (χ4v) is 1.50. The fraction of sp³-hybridized carbons (Fsp3) is 0.333. The third-order valence-electron chi connectivity index (χ3n) is 2.33. The van der Waals surface area contributed by atoms with Crippen LogP contribution in [0.4, 0.5) is 5.69 Å². The molecule has 7 nitrogen and oxygen atoms in total. The van der Waals surface area contributed by atoms with Gasteiger partial charge >= 0.3 is 0 Å². The van der Waals surface area contributed by atoms with Gasteiger partial charge in [0.15, 0.2) is 0 Å². The minimum absolute atomic E-state index is 0.0947. The van der Waals surface area contributed by atoms with Crippen LogP contribution in [0.3, 0.4) is 0 Å². The maximum atomic E-state index is 11.7. The highest BCUT2D eigenvalue weighted by molar-refractivity contribution is 6.00. The summed E-state index contributed by atoms with van der Waals surface area (Å²) >= 11 is 0. The summed E-state index contributed by atoms with van der Waals surface area (Å²) in [4.78, 5) is 33.5. The van der Waals surface area contributed by atoms with Gasteiger partial charge in [-0.1, -0.05) is 0 Å². The van der Waals surface area contributed by atoms with E-state index in [0.717, 1.165) is 12.1 Å². The van der Waals surface area contributed by atoms with Crippen molar-refractivity contribution in [3.05, 3.63) is 39.4 Å². The lowest BCUT2D eigenvalue weighted by atomic mass is 10.1. The van der Waals surface area contributed by atoms with E-state index in [4.69, 9.17) is 0 Å². The predicted octanol–water partition coefficient (Wildman–Crippen LogP) is 1.09. The van der Waals surface area contributed by atoms with Crippen LogP contribution in [0.15, 0.2) is 18.2 Å². The molecule has 0 saturated heterocycles. The number of hydrogen-bond acceptors (Lipinski definition) is 4. The van der Waals surface area contributed by atoms with Crippen molar-refractivity contribution < 1.29 is 14.5 Å². The van der Waals surface area contributed by atoms with E-state index >= 15 is 0 Å². The number of rotatable bonds is 5. The number of carbonyl (C=O) groups excluding carboxylic acids is 2. The highest BCUT2D eigenvalue weighted by Gasteiger charge is 2.17. The SMILES string of the molecule is CCNC(=O)c1cc(C(=O)NCC)cc([N+](=O)[O-])c1. The van der Waals surface area contributed by atoms with Crippen LogP contribution in [-0.4, -0.2) is 29.8 Å². The molecule has 0 bridgehead atoms. The molecule has 102 valence electrons. The lowest BCUT2D eigenvalue weighted by molar-refractivity contribution is -0.384. The Kier molecular flexibility index (Phi) is 4.99. The highest BCUT2D eigenvalue weighted by atomic mass is 16.6. The minimum atomic E-state index is -0.633. The van der Waals surface area contributed by atoms with Gasteiger partial charge in [-0.15, -0.1) is 0 Å². The molecule has 0 spiro atoms. The van der Waals surface area contributed by atoms with Crippen LogP contribution in [0.1, 0.15) is 34.6 Å². The summed E-state index contributed by atoms with van der Waals surface area (Å²) in [6.07, 6.45) is 0. The molecule has 1 aromatic carbocycles. The molecule has 0 aliphatic rings. The molecule has 0 aliphatic carbocycles. The van der Waals surface area contributed by atoms with Gasteiger partial charge in [-0.05, 0) is 19.9 Å². The van der Waals surface area contributed by atoms with Crippen molar-refractivity contribution in [2.75, 3.05) is 13.1 Å². The second kappa shape index (κ2) is 6.48. The first kappa shape index (κ1) is 14.6. The molecule has 0 fully saturated rings. The fourth-order valence-electron chi connectivity index (χ4n) is 1.50. The van der Waals surface area contributed by atoms with Crippen molar-refractivity contribution in [1.29, 1.82) is 0 Å². The second-order valence-corrected chi connectivity index (χ2v) is 3.74. The van der Waals surface area contributed by atoms with Crippen LogP contribution in [-0.2, 0) is 0 Å². The average Bonchev–Trinajstić information content (AvgIpc) is 2.38. The van der Waals surface area contributed by atoms with Gasteiger partial charge in [0.1, 0.15) is 0 Å². The number of benzene rings is 1. The quantitative estimate of drug-likeness (QED) is 0.614. The molecule has 0 aliphatic heterocycles. The molecule has 0 unspecified atom stereocenters. The smallest absolute Gasteiger partial charge is 0.271 e. The number of nitro benzene ring substituents is 1. The minimum Gasteiger partial charge on any atom is -0.352 e. The Hall–Kier alpha value is -2.44. The summed E-state index contributed by atoms with van der Waals surface area (Å²) in [5.41, 5.74) is -0.0976. The summed E-state index contributed by atoms with van der Waals surface area (Å²) in [5, 5.41) is 15.9. The van der Waals surface area contributed by atoms with Gasteiger partial charge in [0, 0.05) is 36.3 Å². The molecule has 19 heavy (non-hydrogen) atoms. The number of nitro groups is 1. The topological polar surface area (TPSA) is 101 Å². The Morgan fingerprint density at radius 2 is 1.47 bits per heavy atom. The van der Waals surface area contributed by atoms with Crippen LogP contribution >= 0.6 is 0 Å². The zero-order valence-corrected chi connectivity index (χ0v) is 10.7. The Balaban J connectivity index is 3.21. The molecule has 0 radical (unpaired) electrons. The van der Waals surface area contributed by atoms with E-state index in [0.29, 0.717) is 13.1 Å². The Bertz CT molecular complexity index is 477. The van der Waals surface area contributed by atoms with E-state index in [2.05, 4.69) is 10.6 Å². The van der Waals surface area contributed by atoms with E-state index in [1.807, 2.05) is 0 Å². The molecule has 0 heterocycles. The molecule has 1 rings (SSSR count). The van der Waals surface area contributed by atoms with E-state index in [1.165, 1.54) is 6.07 Å². The number of nitrogens with one attached hydrogen (secondary N) is 2. The summed E-state index contributed by atoms with van der Waals surface area (Å²) in [6, 6.07) is 3.63. The van der Waals surface area contributed by atoms with Crippen LogP contribution < -0.4 is 10.6 Å². The zero-order valence-electron chi connectivity index (χ0n) is 10.7. The summed E-state index contributed by atoms with van der Waals surface area (Å²) in [6.45, 7) is 4.27. The number of non-ortho nitro benzene ring substituents is 1. The van der Waals surface area contributed by atoms with E-state index in [-0.39, 0.29) is 16.8 Å². The Labute approximate surface area is 110 Å². The molecular weight excluding hydrogens is 250 g/mol. The number of amides is 2. The molecular formula is C12H15N3O4. The maximum Gasteiger partial charge on any atom is 0.271 e. The molecule has 1 aromatic rings. The predicted molar refractivity (Wildman–Crippen MR) is 69.1 cm³/mol. The molecule has 0 aromatic heterocycles. The van der Waals surface area contributed by atoms with Crippen molar-refractivity contribution in [3.8, 4) is 0 Å². The third-order valence-corrected chi connectivity index (χ3v) is 2.33. The normalized spacial score (nSPS) is 9.79. The molecule has 0 atom stereocenters. The number of hydrogen-bond donors (Lipinski definition) is 2. The van der Waals surface area contributed by atoms with Crippen LogP contribution in [0.25, 0.3) is 0 Å². The standard InChI is InChI=1S/C12H15N3O4/c1-3-13-11(16)8-5-9(12(17)14-4-2)7-10(6-8)15(18)19/h5-7H,3-4H2,1-2H3,(H,13,16)(H,14,17). The third kappa shape index (κ3) is 3.77. The number of carbonyl (C=O) groups is 2. The lowest BCUT2D eigenvalue weighted by Gasteiger charge is -2.06. The highest BCUT2D eigenvalue weighted by Crippen LogP contribution is 2.17. The van der Waals surface area contributed by atoms with E-state index in [1.54, 1.807) is 13.8 Å². The van der Waals surface area contributed by atoms with Crippen LogP contribution in [0.5, 0.6) is 0 Å². The maximum absolute atomic E-state index is 11.7. The first-order chi connectivity index (χ1) is 8.99. The van der Waals surface area contributed by atoms with Crippen molar-refractivity contribution in [3.63, 3.8) is 0 Å². The largest absolute Gasteiger partial charge is 0.352 e. The first-order valence-corrected chi connectivity index (χ1v) is 5.85. The molecule has 0 saturated carbocycles.